The lowest BCUT2D eigenvalue weighted by Gasteiger charge is -2.23. The van der Waals surface area contributed by atoms with E-state index in [0.29, 0.717) is 17.7 Å². The van der Waals surface area contributed by atoms with Crippen molar-refractivity contribution in [1.29, 1.82) is 0 Å². The Labute approximate surface area is 108 Å². The summed E-state index contributed by atoms with van der Waals surface area (Å²) >= 11 is 6.22. The van der Waals surface area contributed by atoms with Crippen LogP contribution < -0.4 is 10.5 Å². The molecular weight excluding hydrogens is 234 g/mol. The molecule has 0 spiro atoms. The van der Waals surface area contributed by atoms with Gasteiger partial charge in [0.25, 0.3) is 0 Å². The molecule has 0 radical (unpaired) electrons. The van der Waals surface area contributed by atoms with Crippen LogP contribution in [0.1, 0.15) is 37.7 Å². The Morgan fingerprint density at radius 3 is 2.65 bits per heavy atom. The monoisotopic (exact) mass is 253 g/mol. The van der Waals surface area contributed by atoms with Crippen molar-refractivity contribution >= 4 is 11.6 Å². The van der Waals surface area contributed by atoms with Crippen LogP contribution in [0.3, 0.4) is 0 Å². The average molecular weight is 254 g/mol. The van der Waals surface area contributed by atoms with E-state index in [1.165, 1.54) is 24.8 Å². The first-order valence-electron chi connectivity index (χ1n) is 6.45. The van der Waals surface area contributed by atoms with E-state index in [9.17, 15) is 0 Å². The quantitative estimate of drug-likeness (QED) is 0.891. The molecule has 3 heteroatoms. The Hall–Kier alpha value is -0.730. The van der Waals surface area contributed by atoms with Gasteiger partial charge in [-0.3, -0.25) is 0 Å². The number of hydrogen-bond donors (Lipinski definition) is 1. The minimum atomic E-state index is 0.349. The van der Waals surface area contributed by atoms with Gasteiger partial charge in [-0.1, -0.05) is 24.1 Å². The summed E-state index contributed by atoms with van der Waals surface area (Å²) in [4.78, 5) is 0. The number of nitrogens with two attached hydrogens (primary N) is 1. The zero-order chi connectivity index (χ0) is 12.1. The Morgan fingerprint density at radius 1 is 1.24 bits per heavy atom. The second kappa shape index (κ2) is 6.27. The molecule has 0 bridgehead atoms. The number of rotatable bonds is 4. The zero-order valence-corrected chi connectivity index (χ0v) is 10.9. The van der Waals surface area contributed by atoms with Gasteiger partial charge in [-0.05, 0) is 56.3 Å². The Morgan fingerprint density at radius 2 is 2.00 bits per heavy atom. The van der Waals surface area contributed by atoms with Gasteiger partial charge in [0.2, 0.25) is 0 Å². The first kappa shape index (κ1) is 12.7. The molecule has 0 aromatic heterocycles. The molecule has 0 unspecified atom stereocenters. The predicted molar refractivity (Wildman–Crippen MR) is 71.7 cm³/mol. The van der Waals surface area contributed by atoms with Crippen molar-refractivity contribution in [1.82, 2.24) is 0 Å². The van der Waals surface area contributed by atoms with E-state index >= 15 is 0 Å². The van der Waals surface area contributed by atoms with Gasteiger partial charge in [-0.2, -0.15) is 0 Å². The third-order valence-corrected chi connectivity index (χ3v) is 3.57. The summed E-state index contributed by atoms with van der Waals surface area (Å²) in [5.41, 5.74) is 6.70. The van der Waals surface area contributed by atoms with Crippen LogP contribution in [-0.4, -0.2) is 12.6 Å². The summed E-state index contributed by atoms with van der Waals surface area (Å²) < 4.78 is 5.96. The maximum atomic E-state index is 6.22. The van der Waals surface area contributed by atoms with Crippen LogP contribution in [0.25, 0.3) is 0 Å². The van der Waals surface area contributed by atoms with Gasteiger partial charge in [0, 0.05) is 0 Å². The highest BCUT2D eigenvalue weighted by molar-refractivity contribution is 6.32. The third-order valence-electron chi connectivity index (χ3n) is 3.28. The van der Waals surface area contributed by atoms with E-state index in [4.69, 9.17) is 22.1 Å². The molecule has 1 saturated carbocycles. The lowest BCUT2D eigenvalue weighted by Crippen LogP contribution is -2.19. The van der Waals surface area contributed by atoms with Crippen LogP contribution in [0.5, 0.6) is 5.75 Å². The highest BCUT2D eigenvalue weighted by atomic mass is 35.5. The zero-order valence-electron chi connectivity index (χ0n) is 10.1. The molecule has 17 heavy (non-hydrogen) atoms. The van der Waals surface area contributed by atoms with Gasteiger partial charge < -0.3 is 10.5 Å². The van der Waals surface area contributed by atoms with Crippen molar-refractivity contribution in [2.45, 2.75) is 44.6 Å². The fourth-order valence-electron chi connectivity index (χ4n) is 2.32. The van der Waals surface area contributed by atoms with Gasteiger partial charge in [0.05, 0.1) is 11.1 Å². The lowest BCUT2D eigenvalue weighted by atomic mass is 9.98. The van der Waals surface area contributed by atoms with Crippen molar-refractivity contribution in [3.05, 3.63) is 28.8 Å². The molecule has 94 valence electrons. The van der Waals surface area contributed by atoms with E-state index in [2.05, 4.69) is 6.07 Å². The molecule has 1 aromatic carbocycles. The maximum absolute atomic E-state index is 6.22. The maximum Gasteiger partial charge on any atom is 0.138 e. The topological polar surface area (TPSA) is 35.2 Å². The number of hydrogen-bond acceptors (Lipinski definition) is 2. The third kappa shape index (κ3) is 3.62. The molecular formula is C14H20ClNO. The Bertz CT molecular complexity index is 361. The van der Waals surface area contributed by atoms with E-state index in [0.717, 1.165) is 25.0 Å². The summed E-state index contributed by atoms with van der Waals surface area (Å²) in [5, 5.41) is 0.710. The number of ether oxygens (including phenoxy) is 1. The van der Waals surface area contributed by atoms with Crippen LogP contribution in [0.2, 0.25) is 5.02 Å². The SMILES string of the molecule is NCCc1ccc(OC2CCCCC2)c(Cl)c1. The van der Waals surface area contributed by atoms with Gasteiger partial charge in [0.1, 0.15) is 5.75 Å². The fourth-order valence-corrected chi connectivity index (χ4v) is 2.57. The molecule has 0 aliphatic heterocycles. The molecule has 1 aliphatic rings. The smallest absolute Gasteiger partial charge is 0.138 e. The first-order valence-corrected chi connectivity index (χ1v) is 6.82. The van der Waals surface area contributed by atoms with Gasteiger partial charge >= 0.3 is 0 Å². The van der Waals surface area contributed by atoms with Crippen molar-refractivity contribution in [2.24, 2.45) is 5.73 Å². The first-order chi connectivity index (χ1) is 8.29. The molecule has 0 amide bonds. The Balaban J connectivity index is 2.00. The minimum Gasteiger partial charge on any atom is -0.489 e. The summed E-state index contributed by atoms with van der Waals surface area (Å²) in [6, 6.07) is 5.99. The van der Waals surface area contributed by atoms with Gasteiger partial charge in [-0.25, -0.2) is 0 Å². The molecule has 2 N–H and O–H groups in total. The molecule has 1 aromatic rings. The fraction of sp³-hybridized carbons (Fsp3) is 0.571. The Kier molecular flexibility index (Phi) is 4.69. The summed E-state index contributed by atoms with van der Waals surface area (Å²) in [6.45, 7) is 0.652. The van der Waals surface area contributed by atoms with E-state index in [-0.39, 0.29) is 0 Å². The van der Waals surface area contributed by atoms with Crippen LogP contribution in [-0.2, 0) is 6.42 Å². The van der Waals surface area contributed by atoms with Crippen LogP contribution in [0.4, 0.5) is 0 Å². The van der Waals surface area contributed by atoms with Gasteiger partial charge in [-0.15, -0.1) is 0 Å². The standard InChI is InChI=1S/C14H20ClNO/c15-13-10-11(8-9-16)6-7-14(13)17-12-4-2-1-3-5-12/h6-7,10,12H,1-5,8-9,16H2. The van der Waals surface area contributed by atoms with Crippen molar-refractivity contribution in [2.75, 3.05) is 6.54 Å². The van der Waals surface area contributed by atoms with Crippen LogP contribution in [0.15, 0.2) is 18.2 Å². The minimum absolute atomic E-state index is 0.349. The summed E-state index contributed by atoms with van der Waals surface area (Å²) in [6.07, 6.45) is 7.40. The second-order valence-corrected chi connectivity index (χ2v) is 5.09. The van der Waals surface area contributed by atoms with Gasteiger partial charge in [0.15, 0.2) is 0 Å². The normalized spacial score (nSPS) is 17.1. The van der Waals surface area contributed by atoms with Crippen molar-refractivity contribution < 1.29 is 4.74 Å². The number of halogens is 1. The van der Waals surface area contributed by atoms with E-state index in [1.54, 1.807) is 0 Å². The second-order valence-electron chi connectivity index (χ2n) is 4.68. The highest BCUT2D eigenvalue weighted by Crippen LogP contribution is 2.29. The van der Waals surface area contributed by atoms with Crippen molar-refractivity contribution in [3.8, 4) is 5.75 Å². The summed E-state index contributed by atoms with van der Waals surface area (Å²) in [7, 11) is 0. The predicted octanol–water partition coefficient (Wildman–Crippen LogP) is 3.55. The molecule has 2 rings (SSSR count). The number of benzene rings is 1. The molecule has 0 atom stereocenters. The molecule has 1 aliphatic carbocycles. The average Bonchev–Trinajstić information content (AvgIpc) is 2.34. The van der Waals surface area contributed by atoms with E-state index in [1.807, 2.05) is 12.1 Å². The lowest BCUT2D eigenvalue weighted by molar-refractivity contribution is 0.155. The van der Waals surface area contributed by atoms with Crippen LogP contribution >= 0.6 is 11.6 Å². The van der Waals surface area contributed by atoms with Crippen molar-refractivity contribution in [3.63, 3.8) is 0 Å². The molecule has 0 heterocycles. The largest absolute Gasteiger partial charge is 0.489 e. The summed E-state index contributed by atoms with van der Waals surface area (Å²) in [5.74, 6) is 0.819. The molecule has 1 fully saturated rings. The molecule has 2 nitrogen and oxygen atoms in total. The van der Waals surface area contributed by atoms with Crippen LogP contribution in [0, 0.1) is 0 Å². The van der Waals surface area contributed by atoms with E-state index < -0.39 is 0 Å². The highest BCUT2D eigenvalue weighted by Gasteiger charge is 2.16. The molecule has 0 saturated heterocycles.